The first-order valence-electron chi connectivity index (χ1n) is 7.07. The Labute approximate surface area is 132 Å². The molecule has 1 aliphatic carbocycles. The van der Waals surface area contributed by atoms with Crippen LogP contribution in [0, 0.1) is 0 Å². The molecule has 1 N–H and O–H groups in total. The van der Waals surface area contributed by atoms with Crippen molar-refractivity contribution in [3.05, 3.63) is 33.6 Å². The Kier molecular flexibility index (Phi) is 4.18. The minimum absolute atomic E-state index is 0.0912. The van der Waals surface area contributed by atoms with Crippen LogP contribution in [0.2, 0.25) is 0 Å². The molecule has 1 heterocycles. The highest BCUT2D eigenvalue weighted by Crippen LogP contribution is 2.44. The second-order valence-corrected chi connectivity index (χ2v) is 7.33. The second kappa shape index (κ2) is 5.76. The summed E-state index contributed by atoms with van der Waals surface area (Å²) in [6.45, 7) is 0. The first-order chi connectivity index (χ1) is 9.69. The lowest BCUT2D eigenvalue weighted by Gasteiger charge is -2.42. The Bertz CT molecular complexity index is 600. The molecule has 4 heteroatoms. The normalized spacial score (nSPS) is 18.9. The van der Waals surface area contributed by atoms with Crippen LogP contribution in [0.4, 0.5) is 0 Å². The van der Waals surface area contributed by atoms with Crippen LogP contribution in [0.15, 0.2) is 28.1 Å². The maximum Gasteiger partial charge on any atom is 0.0697 e. The molecule has 1 atom stereocenters. The maximum absolute atomic E-state index is 5.79. The van der Waals surface area contributed by atoms with Gasteiger partial charge in [0.15, 0.2) is 0 Å². The van der Waals surface area contributed by atoms with Gasteiger partial charge in [0.25, 0.3) is 0 Å². The van der Waals surface area contributed by atoms with Crippen molar-refractivity contribution < 1.29 is 4.74 Å². The van der Waals surface area contributed by atoms with Crippen LogP contribution < -0.4 is 5.32 Å². The smallest absolute Gasteiger partial charge is 0.0697 e. The van der Waals surface area contributed by atoms with Gasteiger partial charge in [0, 0.05) is 22.3 Å². The van der Waals surface area contributed by atoms with E-state index in [1.54, 1.807) is 0 Å². The van der Waals surface area contributed by atoms with Crippen molar-refractivity contribution in [3.63, 3.8) is 0 Å². The molecule has 0 aliphatic heterocycles. The Balaban J connectivity index is 1.93. The number of hydrogen-bond acceptors (Lipinski definition) is 3. The van der Waals surface area contributed by atoms with Gasteiger partial charge < -0.3 is 10.1 Å². The lowest BCUT2D eigenvalue weighted by Crippen LogP contribution is -2.42. The third-order valence-corrected chi connectivity index (χ3v) is 6.55. The molecular weight excluding hydrogens is 334 g/mol. The molecule has 1 aliphatic rings. The summed E-state index contributed by atoms with van der Waals surface area (Å²) in [5.41, 5.74) is 1.49. The van der Waals surface area contributed by atoms with Crippen molar-refractivity contribution in [2.75, 3.05) is 14.2 Å². The van der Waals surface area contributed by atoms with Crippen molar-refractivity contribution in [2.24, 2.45) is 0 Å². The molecule has 0 bridgehead atoms. The molecule has 3 rings (SSSR count). The summed E-state index contributed by atoms with van der Waals surface area (Å²) < 4.78 is 8.32. The van der Waals surface area contributed by atoms with Gasteiger partial charge in [-0.2, -0.15) is 0 Å². The van der Waals surface area contributed by atoms with E-state index in [1.165, 1.54) is 39.4 Å². The molecule has 1 aromatic heterocycles. The average molecular weight is 354 g/mol. The fourth-order valence-electron chi connectivity index (χ4n) is 3.11. The third-order valence-electron chi connectivity index (χ3n) is 4.58. The summed E-state index contributed by atoms with van der Waals surface area (Å²) >= 11 is 5.46. The predicted octanol–water partition coefficient (Wildman–Crippen LogP) is 4.88. The maximum atomic E-state index is 5.79. The van der Waals surface area contributed by atoms with Crippen LogP contribution in [0.3, 0.4) is 0 Å². The highest BCUT2D eigenvalue weighted by atomic mass is 79.9. The number of rotatable bonds is 5. The summed E-state index contributed by atoms with van der Waals surface area (Å²) in [6.07, 6.45) is 4.72. The molecule has 1 fully saturated rings. The summed E-state index contributed by atoms with van der Waals surface area (Å²) in [5, 5.41) is 7.13. The molecule has 2 aromatic rings. The number of benzene rings is 1. The Morgan fingerprint density at radius 3 is 2.85 bits per heavy atom. The van der Waals surface area contributed by atoms with E-state index in [2.05, 4.69) is 44.8 Å². The lowest BCUT2D eigenvalue weighted by molar-refractivity contribution is -0.0833. The van der Waals surface area contributed by atoms with Gasteiger partial charge in [-0.3, -0.25) is 0 Å². The third kappa shape index (κ3) is 2.43. The molecule has 20 heavy (non-hydrogen) atoms. The van der Waals surface area contributed by atoms with Crippen LogP contribution in [0.1, 0.15) is 37.3 Å². The van der Waals surface area contributed by atoms with Crippen molar-refractivity contribution in [1.82, 2.24) is 5.32 Å². The van der Waals surface area contributed by atoms with Gasteiger partial charge in [-0.05, 0) is 71.1 Å². The van der Waals surface area contributed by atoms with E-state index in [4.69, 9.17) is 4.74 Å². The summed E-state index contributed by atoms with van der Waals surface area (Å²) in [7, 11) is 3.91. The van der Waals surface area contributed by atoms with Gasteiger partial charge in [-0.15, -0.1) is 11.3 Å². The van der Waals surface area contributed by atoms with E-state index in [-0.39, 0.29) is 5.60 Å². The van der Waals surface area contributed by atoms with Crippen molar-refractivity contribution in [2.45, 2.75) is 37.3 Å². The van der Waals surface area contributed by atoms with Gasteiger partial charge >= 0.3 is 0 Å². The van der Waals surface area contributed by atoms with E-state index >= 15 is 0 Å². The number of fused-ring (bicyclic) bond motifs is 1. The highest BCUT2D eigenvalue weighted by Gasteiger charge is 2.39. The van der Waals surface area contributed by atoms with Gasteiger partial charge in [0.05, 0.1) is 5.60 Å². The molecule has 1 unspecified atom stereocenters. The minimum atomic E-state index is 0.0912. The lowest BCUT2D eigenvalue weighted by atomic mass is 9.74. The quantitative estimate of drug-likeness (QED) is 0.826. The molecule has 1 aromatic carbocycles. The van der Waals surface area contributed by atoms with Gasteiger partial charge in [0.1, 0.15) is 0 Å². The topological polar surface area (TPSA) is 21.3 Å². The molecule has 108 valence electrons. The van der Waals surface area contributed by atoms with E-state index in [9.17, 15) is 0 Å². The Hall–Kier alpha value is -0.420. The second-order valence-electron chi connectivity index (χ2n) is 5.59. The van der Waals surface area contributed by atoms with Crippen LogP contribution in [0.5, 0.6) is 0 Å². The Morgan fingerprint density at radius 2 is 2.25 bits per heavy atom. The predicted molar refractivity (Wildman–Crippen MR) is 89.5 cm³/mol. The number of halogens is 1. The molecule has 2 nitrogen and oxygen atoms in total. The highest BCUT2D eigenvalue weighted by molar-refractivity contribution is 9.10. The Morgan fingerprint density at radius 1 is 1.45 bits per heavy atom. The number of hydrogen-bond donors (Lipinski definition) is 1. The van der Waals surface area contributed by atoms with Gasteiger partial charge in [0.2, 0.25) is 0 Å². The number of ether oxygens (including phenoxy) is 1. The summed E-state index contributed by atoms with van der Waals surface area (Å²) in [4.78, 5) is 0. The zero-order valence-corrected chi connectivity index (χ0v) is 14.3. The first kappa shape index (κ1) is 14.5. The molecule has 0 amide bonds. The number of thiophene rings is 1. The standard InChI is InChI=1S/C16H20BrNOS/c1-18-14(9-16(19-2)7-4-8-16)12-10-20-15-11(12)5-3-6-13(15)17/h3,5-6,10,14,18H,4,7-9H2,1-2H3. The summed E-state index contributed by atoms with van der Waals surface area (Å²) in [6, 6.07) is 6.80. The SMILES string of the molecule is CNC(CC1(OC)CCC1)c1csc2c(Br)cccc12. The van der Waals surface area contributed by atoms with Crippen LogP contribution in [0.25, 0.3) is 10.1 Å². The molecule has 1 saturated carbocycles. The van der Waals surface area contributed by atoms with E-state index < -0.39 is 0 Å². The monoisotopic (exact) mass is 353 g/mol. The van der Waals surface area contributed by atoms with Crippen molar-refractivity contribution >= 4 is 37.4 Å². The fraction of sp³-hybridized carbons (Fsp3) is 0.500. The van der Waals surface area contributed by atoms with Crippen molar-refractivity contribution in [1.29, 1.82) is 0 Å². The first-order valence-corrected chi connectivity index (χ1v) is 8.74. The number of methoxy groups -OCH3 is 1. The minimum Gasteiger partial charge on any atom is -0.378 e. The number of nitrogens with one attached hydrogen (secondary N) is 1. The van der Waals surface area contributed by atoms with Crippen LogP contribution in [-0.2, 0) is 4.74 Å². The molecule has 0 saturated heterocycles. The van der Waals surface area contributed by atoms with Gasteiger partial charge in [-0.1, -0.05) is 12.1 Å². The van der Waals surface area contributed by atoms with Crippen LogP contribution >= 0.6 is 27.3 Å². The van der Waals surface area contributed by atoms with E-state index in [0.29, 0.717) is 6.04 Å². The van der Waals surface area contributed by atoms with Crippen LogP contribution in [-0.4, -0.2) is 19.8 Å². The molecule has 0 spiro atoms. The zero-order valence-electron chi connectivity index (χ0n) is 11.9. The fourth-order valence-corrected chi connectivity index (χ4v) is 4.79. The van der Waals surface area contributed by atoms with Gasteiger partial charge in [-0.25, -0.2) is 0 Å². The molecule has 0 radical (unpaired) electrons. The average Bonchev–Trinajstić information content (AvgIpc) is 2.84. The zero-order chi connectivity index (χ0) is 14.2. The summed E-state index contributed by atoms with van der Waals surface area (Å²) in [5.74, 6) is 0. The molecular formula is C16H20BrNOS. The van der Waals surface area contributed by atoms with E-state index in [1.807, 2.05) is 25.5 Å². The van der Waals surface area contributed by atoms with Crippen molar-refractivity contribution in [3.8, 4) is 0 Å². The largest absolute Gasteiger partial charge is 0.378 e. The van der Waals surface area contributed by atoms with E-state index in [0.717, 1.165) is 6.42 Å².